The van der Waals surface area contributed by atoms with Gasteiger partial charge in [-0.15, -0.1) is 5.10 Å². The molecule has 2 aromatic rings. The second-order valence-corrected chi connectivity index (χ2v) is 4.87. The molecule has 1 saturated heterocycles. The van der Waals surface area contributed by atoms with Crippen molar-refractivity contribution in [2.24, 2.45) is 0 Å². The van der Waals surface area contributed by atoms with Crippen LogP contribution in [0.2, 0.25) is 6.82 Å². The van der Waals surface area contributed by atoms with E-state index in [4.69, 9.17) is 0 Å². The Morgan fingerprint density at radius 1 is 1.33 bits per heavy atom. The Balaban J connectivity index is 2.08. The highest BCUT2D eigenvalue weighted by Gasteiger charge is 2.30. The van der Waals surface area contributed by atoms with Crippen molar-refractivity contribution in [2.75, 3.05) is 0 Å². The van der Waals surface area contributed by atoms with Gasteiger partial charge in [-0.3, -0.25) is 19.7 Å². The van der Waals surface area contributed by atoms with Crippen molar-refractivity contribution in [3.05, 3.63) is 28.6 Å². The molecule has 1 N–H and O–H groups in total. The largest absolute Gasteiger partial charge is 0.295 e. The van der Waals surface area contributed by atoms with E-state index in [0.29, 0.717) is 10.9 Å². The summed E-state index contributed by atoms with van der Waals surface area (Å²) in [4.78, 5) is 35.4. The smallest absolute Gasteiger partial charge is 0.278 e. The Labute approximate surface area is 120 Å². The third-order valence-corrected chi connectivity index (χ3v) is 3.55. The van der Waals surface area contributed by atoms with E-state index in [1.807, 2.05) is 14.1 Å². The van der Waals surface area contributed by atoms with E-state index in [1.165, 1.54) is 0 Å². The van der Waals surface area contributed by atoms with Gasteiger partial charge in [0.05, 0.1) is 10.9 Å². The zero-order chi connectivity index (χ0) is 15.0. The van der Waals surface area contributed by atoms with E-state index < -0.39 is 11.9 Å². The topological polar surface area (TPSA) is 94.0 Å². The number of amides is 2. The zero-order valence-corrected chi connectivity index (χ0v) is 11.4. The highest BCUT2D eigenvalue weighted by Crippen LogP contribution is 2.16. The first-order chi connectivity index (χ1) is 10.1. The summed E-state index contributed by atoms with van der Waals surface area (Å²) < 4.78 is 1.06. The number of aromatic nitrogens is 3. The van der Waals surface area contributed by atoms with Crippen LogP contribution in [0.25, 0.3) is 10.9 Å². The average Bonchev–Trinajstić information content (AvgIpc) is 2.48. The van der Waals surface area contributed by atoms with E-state index in [1.54, 1.807) is 18.2 Å². The second-order valence-electron chi connectivity index (χ2n) is 4.87. The van der Waals surface area contributed by atoms with Crippen molar-refractivity contribution in [1.82, 2.24) is 20.3 Å². The van der Waals surface area contributed by atoms with Gasteiger partial charge in [-0.25, -0.2) is 0 Å². The summed E-state index contributed by atoms with van der Waals surface area (Å²) in [5.41, 5.74) is 1.05. The monoisotopic (exact) mass is 283 g/mol. The van der Waals surface area contributed by atoms with Crippen molar-refractivity contribution in [3.8, 4) is 0 Å². The van der Waals surface area contributed by atoms with Gasteiger partial charge in [-0.05, 0) is 18.6 Å². The Morgan fingerprint density at radius 3 is 2.86 bits per heavy atom. The molecule has 105 valence electrons. The molecule has 0 spiro atoms. The molecule has 1 aromatic carbocycles. The Bertz CT molecular complexity index is 802. The molecule has 2 heterocycles. The quantitative estimate of drug-likeness (QED) is 0.572. The fourth-order valence-electron chi connectivity index (χ4n) is 2.37. The molecule has 3 rings (SSSR count). The van der Waals surface area contributed by atoms with Gasteiger partial charge in [-0.2, -0.15) is 4.68 Å². The molecule has 1 unspecified atom stereocenters. The minimum atomic E-state index is -0.787. The van der Waals surface area contributed by atoms with Crippen molar-refractivity contribution in [3.63, 3.8) is 0 Å². The predicted molar refractivity (Wildman–Crippen MR) is 76.5 cm³/mol. The molecule has 1 aromatic heterocycles. The predicted octanol–water partition coefficient (Wildman–Crippen LogP) is -0.853. The number of hydrogen-bond donors (Lipinski definition) is 1. The van der Waals surface area contributed by atoms with Crippen LogP contribution in [0, 0.1) is 0 Å². The molecule has 0 saturated carbocycles. The third-order valence-electron chi connectivity index (χ3n) is 3.55. The molecule has 1 radical (unpaired) electrons. The first-order valence-electron chi connectivity index (χ1n) is 6.62. The third kappa shape index (κ3) is 2.33. The lowest BCUT2D eigenvalue weighted by atomic mass is 9.73. The number of carbonyl (C=O) groups excluding carboxylic acids is 2. The van der Waals surface area contributed by atoms with Gasteiger partial charge < -0.3 is 0 Å². The molecule has 7 nitrogen and oxygen atoms in total. The van der Waals surface area contributed by atoms with E-state index >= 15 is 0 Å². The lowest BCUT2D eigenvalue weighted by molar-refractivity contribution is -0.136. The number of imide groups is 1. The van der Waals surface area contributed by atoms with Crippen LogP contribution < -0.4 is 16.3 Å². The Kier molecular flexibility index (Phi) is 3.28. The van der Waals surface area contributed by atoms with Crippen LogP contribution >= 0.6 is 0 Å². The number of piperidine rings is 1. The molecule has 0 aliphatic carbocycles. The van der Waals surface area contributed by atoms with Gasteiger partial charge in [0.15, 0.2) is 0 Å². The summed E-state index contributed by atoms with van der Waals surface area (Å²) in [6, 6.07) is 4.45. The Morgan fingerprint density at radius 2 is 2.14 bits per heavy atom. The highest BCUT2D eigenvalue weighted by atomic mass is 16.2. The summed E-state index contributed by atoms with van der Waals surface area (Å²) in [6.45, 7) is 1.89. The molecular weight excluding hydrogens is 271 g/mol. The maximum absolute atomic E-state index is 12.4. The summed E-state index contributed by atoms with van der Waals surface area (Å²) in [7, 11) is 1.90. The summed E-state index contributed by atoms with van der Waals surface area (Å²) >= 11 is 0. The lowest BCUT2D eigenvalue weighted by Gasteiger charge is -2.21. The van der Waals surface area contributed by atoms with E-state index in [2.05, 4.69) is 15.6 Å². The lowest BCUT2D eigenvalue weighted by Crippen LogP contribution is -2.45. The number of nitrogens with zero attached hydrogens (tertiary/aromatic N) is 3. The maximum Gasteiger partial charge on any atom is 0.278 e. The number of fused-ring (bicyclic) bond motifs is 1. The van der Waals surface area contributed by atoms with Gasteiger partial charge >= 0.3 is 0 Å². The minimum Gasteiger partial charge on any atom is -0.295 e. The van der Waals surface area contributed by atoms with Crippen molar-refractivity contribution < 1.29 is 9.59 Å². The van der Waals surface area contributed by atoms with E-state index in [9.17, 15) is 14.4 Å². The number of carbonyl (C=O) groups is 2. The molecule has 21 heavy (non-hydrogen) atoms. The van der Waals surface area contributed by atoms with Crippen LogP contribution in [-0.4, -0.2) is 34.1 Å². The number of hydrogen-bond acceptors (Lipinski definition) is 5. The van der Waals surface area contributed by atoms with Gasteiger partial charge in [0.25, 0.3) is 11.5 Å². The van der Waals surface area contributed by atoms with Crippen LogP contribution in [0.5, 0.6) is 0 Å². The van der Waals surface area contributed by atoms with Crippen LogP contribution in [0.15, 0.2) is 23.0 Å². The molecule has 1 aliphatic rings. The van der Waals surface area contributed by atoms with Crippen LogP contribution in [-0.2, 0) is 9.59 Å². The van der Waals surface area contributed by atoms with Crippen LogP contribution in [0.1, 0.15) is 18.9 Å². The zero-order valence-electron chi connectivity index (χ0n) is 11.4. The molecule has 0 bridgehead atoms. The van der Waals surface area contributed by atoms with Gasteiger partial charge in [0, 0.05) is 6.42 Å². The maximum atomic E-state index is 12.4. The summed E-state index contributed by atoms with van der Waals surface area (Å²) in [5, 5.41) is 10.5. The first-order valence-corrected chi connectivity index (χ1v) is 6.62. The molecular formula is C13H12BN4O3. The minimum absolute atomic E-state index is 0.187. The second kappa shape index (κ2) is 5.12. The molecule has 8 heteroatoms. The van der Waals surface area contributed by atoms with Crippen molar-refractivity contribution >= 4 is 35.5 Å². The summed E-state index contributed by atoms with van der Waals surface area (Å²) in [6.07, 6.45) is 0.442. The number of rotatable bonds is 2. The number of benzene rings is 1. The van der Waals surface area contributed by atoms with Gasteiger partial charge in [-0.1, -0.05) is 23.6 Å². The molecule has 2 amide bonds. The molecule has 1 fully saturated rings. The van der Waals surface area contributed by atoms with Crippen LogP contribution in [0.4, 0.5) is 0 Å². The van der Waals surface area contributed by atoms with Crippen LogP contribution in [0.3, 0.4) is 0 Å². The van der Waals surface area contributed by atoms with E-state index in [-0.39, 0.29) is 24.3 Å². The average molecular weight is 283 g/mol. The number of nitrogens with one attached hydrogen (secondary N) is 1. The fourth-order valence-corrected chi connectivity index (χ4v) is 2.37. The standard InChI is InChI=1S/C13H12BN4O3/c1-14-7-2-3-8-9(6-7)16-17-18(13(8)21)10-4-5-11(19)15-12(10)20/h2-3,6,10H,4-5H2,1H3,(H,15,19,20). The first kappa shape index (κ1) is 13.5. The van der Waals surface area contributed by atoms with Crippen molar-refractivity contribution in [1.29, 1.82) is 0 Å². The molecule has 1 aliphatic heterocycles. The van der Waals surface area contributed by atoms with Gasteiger partial charge in [0.1, 0.15) is 13.3 Å². The Hall–Kier alpha value is -2.51. The fraction of sp³-hybridized carbons (Fsp3) is 0.308. The SMILES string of the molecule is C[B]c1ccc2c(=O)n(C3CCC(=O)NC3=O)nnc2c1. The normalized spacial score (nSPS) is 18.6. The van der Waals surface area contributed by atoms with Crippen molar-refractivity contribution in [2.45, 2.75) is 25.7 Å². The summed E-state index contributed by atoms with van der Waals surface area (Å²) in [5.74, 6) is -0.846. The van der Waals surface area contributed by atoms with Gasteiger partial charge in [0.2, 0.25) is 5.91 Å². The van der Waals surface area contributed by atoms with E-state index in [0.717, 1.165) is 10.1 Å². The highest BCUT2D eigenvalue weighted by molar-refractivity contribution is 6.52. The molecule has 1 atom stereocenters.